The maximum Gasteiger partial charge on any atom is 0.250 e. The molecule has 1 aromatic heterocycles. The zero-order valence-corrected chi connectivity index (χ0v) is 7.43. The first-order valence-electron chi connectivity index (χ1n) is 4.03. The summed E-state index contributed by atoms with van der Waals surface area (Å²) in [5.41, 5.74) is -0.0486. The van der Waals surface area contributed by atoms with E-state index in [9.17, 15) is 4.79 Å². The maximum absolute atomic E-state index is 10.9. The predicted octanol–water partition coefficient (Wildman–Crippen LogP) is 1.34. The second-order valence-corrected chi connectivity index (χ2v) is 4.13. The molecule has 1 saturated heterocycles. The molecule has 1 fully saturated rings. The largest absolute Gasteiger partial charge is 0.310 e. The normalized spacial score (nSPS) is 22.8. The summed E-state index contributed by atoms with van der Waals surface area (Å²) in [6, 6.07) is 1.45. The molecule has 64 valence electrons. The van der Waals surface area contributed by atoms with Gasteiger partial charge in [0.05, 0.1) is 5.25 Å². The van der Waals surface area contributed by atoms with Crippen LogP contribution in [0.3, 0.4) is 0 Å². The Morgan fingerprint density at radius 3 is 3.25 bits per heavy atom. The molecule has 0 aliphatic carbocycles. The van der Waals surface area contributed by atoms with Crippen LogP contribution in [0.15, 0.2) is 17.1 Å². The standard InChI is InChI=1S/C8H10N2OS/c11-7-3-4-9-8(10-7)6-2-1-5-12-6/h3-4,6H,1-2,5H2,(H,9,10,11). The van der Waals surface area contributed by atoms with E-state index in [2.05, 4.69) is 9.97 Å². The lowest BCUT2D eigenvalue weighted by Gasteiger charge is -2.05. The lowest BCUT2D eigenvalue weighted by atomic mass is 10.2. The van der Waals surface area contributed by atoms with Crippen LogP contribution in [0.5, 0.6) is 0 Å². The first-order chi connectivity index (χ1) is 5.86. The van der Waals surface area contributed by atoms with Crippen molar-refractivity contribution in [3.05, 3.63) is 28.4 Å². The molecule has 1 atom stereocenters. The second-order valence-electron chi connectivity index (χ2n) is 2.82. The molecule has 0 saturated carbocycles. The lowest BCUT2D eigenvalue weighted by molar-refractivity contribution is 0.771. The maximum atomic E-state index is 10.9. The van der Waals surface area contributed by atoms with Crippen molar-refractivity contribution < 1.29 is 0 Å². The van der Waals surface area contributed by atoms with Crippen LogP contribution in [0, 0.1) is 0 Å². The number of rotatable bonds is 1. The van der Waals surface area contributed by atoms with Crippen LogP contribution in [0.4, 0.5) is 0 Å². The van der Waals surface area contributed by atoms with Crippen molar-refractivity contribution in [3.8, 4) is 0 Å². The van der Waals surface area contributed by atoms with Gasteiger partial charge in [-0.25, -0.2) is 4.98 Å². The SMILES string of the molecule is O=c1ccnc(C2CCCS2)[nH]1. The van der Waals surface area contributed by atoms with E-state index in [0.717, 1.165) is 12.2 Å². The summed E-state index contributed by atoms with van der Waals surface area (Å²) in [7, 11) is 0. The molecule has 0 aromatic carbocycles. The minimum Gasteiger partial charge on any atom is -0.310 e. The fraction of sp³-hybridized carbons (Fsp3) is 0.500. The Labute approximate surface area is 74.6 Å². The fourth-order valence-corrected chi connectivity index (χ4v) is 2.57. The van der Waals surface area contributed by atoms with Gasteiger partial charge in [-0.15, -0.1) is 0 Å². The highest BCUT2D eigenvalue weighted by atomic mass is 32.2. The summed E-state index contributed by atoms with van der Waals surface area (Å²) < 4.78 is 0. The molecular formula is C8H10N2OS. The molecular weight excluding hydrogens is 172 g/mol. The van der Waals surface area contributed by atoms with Crippen LogP contribution in [0.2, 0.25) is 0 Å². The first-order valence-corrected chi connectivity index (χ1v) is 5.08. The van der Waals surface area contributed by atoms with E-state index in [0.29, 0.717) is 5.25 Å². The molecule has 12 heavy (non-hydrogen) atoms. The van der Waals surface area contributed by atoms with Crippen molar-refractivity contribution >= 4 is 11.8 Å². The van der Waals surface area contributed by atoms with Crippen molar-refractivity contribution in [2.45, 2.75) is 18.1 Å². The summed E-state index contributed by atoms with van der Waals surface area (Å²) in [5, 5.41) is 0.416. The average molecular weight is 182 g/mol. The summed E-state index contributed by atoms with van der Waals surface area (Å²) in [5.74, 6) is 2.02. The van der Waals surface area contributed by atoms with E-state index in [1.165, 1.54) is 18.2 Å². The Balaban J connectivity index is 2.27. The van der Waals surface area contributed by atoms with Gasteiger partial charge < -0.3 is 4.98 Å². The third-order valence-corrected chi connectivity index (χ3v) is 3.31. The van der Waals surface area contributed by atoms with Gasteiger partial charge >= 0.3 is 0 Å². The van der Waals surface area contributed by atoms with Crippen molar-refractivity contribution in [1.29, 1.82) is 0 Å². The van der Waals surface area contributed by atoms with E-state index in [4.69, 9.17) is 0 Å². The van der Waals surface area contributed by atoms with Crippen molar-refractivity contribution in [2.75, 3.05) is 5.75 Å². The zero-order valence-electron chi connectivity index (χ0n) is 6.62. The van der Waals surface area contributed by atoms with E-state index in [-0.39, 0.29) is 5.56 Å². The van der Waals surface area contributed by atoms with E-state index in [1.807, 2.05) is 11.8 Å². The number of aromatic amines is 1. The van der Waals surface area contributed by atoms with Gasteiger partial charge in [-0.1, -0.05) is 0 Å². The minimum absolute atomic E-state index is 0.0486. The Hall–Kier alpha value is -0.770. The fourth-order valence-electron chi connectivity index (χ4n) is 1.34. The predicted molar refractivity (Wildman–Crippen MR) is 49.3 cm³/mol. The van der Waals surface area contributed by atoms with Crippen molar-refractivity contribution in [2.24, 2.45) is 0 Å². The molecule has 1 aliphatic rings. The van der Waals surface area contributed by atoms with Gasteiger partial charge in [0.2, 0.25) is 0 Å². The second kappa shape index (κ2) is 3.31. The van der Waals surface area contributed by atoms with Gasteiger partial charge in [-0.2, -0.15) is 11.8 Å². The summed E-state index contributed by atoms with van der Waals surface area (Å²) >= 11 is 1.87. The van der Waals surface area contributed by atoms with E-state index >= 15 is 0 Å². The average Bonchev–Trinajstić information content (AvgIpc) is 2.56. The molecule has 1 N–H and O–H groups in total. The number of hydrogen-bond donors (Lipinski definition) is 1. The van der Waals surface area contributed by atoms with Crippen LogP contribution in [0.25, 0.3) is 0 Å². The molecule has 1 unspecified atom stereocenters. The summed E-state index contributed by atoms with van der Waals surface area (Å²) in [6.07, 6.45) is 3.94. The highest BCUT2D eigenvalue weighted by Crippen LogP contribution is 2.37. The van der Waals surface area contributed by atoms with Crippen LogP contribution < -0.4 is 5.56 Å². The van der Waals surface area contributed by atoms with Crippen molar-refractivity contribution in [1.82, 2.24) is 9.97 Å². The lowest BCUT2D eigenvalue weighted by Crippen LogP contribution is -2.09. The Morgan fingerprint density at radius 2 is 2.58 bits per heavy atom. The number of nitrogens with one attached hydrogen (secondary N) is 1. The van der Waals surface area contributed by atoms with Crippen LogP contribution in [-0.4, -0.2) is 15.7 Å². The molecule has 0 radical (unpaired) electrons. The highest BCUT2D eigenvalue weighted by Gasteiger charge is 2.19. The quantitative estimate of drug-likeness (QED) is 0.712. The molecule has 3 nitrogen and oxygen atoms in total. The number of nitrogens with zero attached hydrogens (tertiary/aromatic N) is 1. The van der Waals surface area contributed by atoms with E-state index in [1.54, 1.807) is 6.20 Å². The van der Waals surface area contributed by atoms with Gasteiger partial charge in [-0.05, 0) is 18.6 Å². The van der Waals surface area contributed by atoms with Gasteiger partial charge in [0.25, 0.3) is 5.56 Å². The molecule has 0 spiro atoms. The molecule has 1 aliphatic heterocycles. The number of thioether (sulfide) groups is 1. The molecule has 0 bridgehead atoms. The topological polar surface area (TPSA) is 45.8 Å². The number of aromatic nitrogens is 2. The van der Waals surface area contributed by atoms with Crippen LogP contribution in [-0.2, 0) is 0 Å². The molecule has 4 heteroatoms. The summed E-state index contributed by atoms with van der Waals surface area (Å²) in [6.45, 7) is 0. The molecule has 2 heterocycles. The Bertz CT molecular complexity index is 317. The summed E-state index contributed by atoms with van der Waals surface area (Å²) in [4.78, 5) is 17.8. The first kappa shape index (κ1) is 7.86. The van der Waals surface area contributed by atoms with E-state index < -0.39 is 0 Å². The number of H-pyrrole nitrogens is 1. The highest BCUT2D eigenvalue weighted by molar-refractivity contribution is 7.99. The third kappa shape index (κ3) is 1.53. The van der Waals surface area contributed by atoms with Crippen molar-refractivity contribution in [3.63, 3.8) is 0 Å². The Morgan fingerprint density at radius 1 is 1.67 bits per heavy atom. The monoisotopic (exact) mass is 182 g/mol. The third-order valence-electron chi connectivity index (χ3n) is 1.93. The van der Waals surface area contributed by atoms with Gasteiger partial charge in [0, 0.05) is 12.3 Å². The van der Waals surface area contributed by atoms with Gasteiger partial charge in [0.15, 0.2) is 0 Å². The molecule has 0 amide bonds. The van der Waals surface area contributed by atoms with Crippen LogP contribution in [0.1, 0.15) is 23.9 Å². The Kier molecular flexibility index (Phi) is 2.17. The van der Waals surface area contributed by atoms with Crippen LogP contribution >= 0.6 is 11.8 Å². The minimum atomic E-state index is -0.0486. The zero-order chi connectivity index (χ0) is 8.39. The molecule has 2 rings (SSSR count). The smallest absolute Gasteiger partial charge is 0.250 e. The van der Waals surface area contributed by atoms with Gasteiger partial charge in [0.1, 0.15) is 5.82 Å². The number of hydrogen-bond acceptors (Lipinski definition) is 3. The molecule has 1 aromatic rings. The van der Waals surface area contributed by atoms with Gasteiger partial charge in [-0.3, -0.25) is 4.79 Å².